The van der Waals surface area contributed by atoms with Crippen LogP contribution in [0.4, 0.5) is 4.79 Å². The van der Waals surface area contributed by atoms with Crippen molar-refractivity contribution in [3.05, 3.63) is 35.4 Å². The molecule has 132 valence electrons. The fourth-order valence-corrected chi connectivity index (χ4v) is 2.83. The molecule has 1 heterocycles. The van der Waals surface area contributed by atoms with Crippen LogP contribution in [0.15, 0.2) is 24.3 Å². The molecular weight excluding hydrogens is 304 g/mol. The summed E-state index contributed by atoms with van der Waals surface area (Å²) in [5, 5.41) is 2.74. The second kappa shape index (κ2) is 7.24. The van der Waals surface area contributed by atoms with Gasteiger partial charge in [0, 0.05) is 13.1 Å². The van der Waals surface area contributed by atoms with Crippen molar-refractivity contribution in [1.82, 2.24) is 10.2 Å². The van der Waals surface area contributed by atoms with Crippen LogP contribution in [0.2, 0.25) is 0 Å². The summed E-state index contributed by atoms with van der Waals surface area (Å²) in [7, 11) is 0. The van der Waals surface area contributed by atoms with E-state index in [0.717, 1.165) is 6.42 Å². The van der Waals surface area contributed by atoms with Crippen molar-refractivity contribution in [3.63, 3.8) is 0 Å². The van der Waals surface area contributed by atoms with E-state index < -0.39 is 17.7 Å². The largest absolute Gasteiger partial charge is 0.444 e. The Labute approximate surface area is 144 Å². The average Bonchev–Trinajstić information content (AvgIpc) is 2.49. The maximum atomic E-state index is 12.9. The number of carbonyl (C=O) groups excluding carboxylic acids is 2. The van der Waals surface area contributed by atoms with Crippen LogP contribution in [0.25, 0.3) is 0 Å². The lowest BCUT2D eigenvalue weighted by Crippen LogP contribution is -2.53. The number of hydrogen-bond donors (Lipinski definition) is 1. The Morgan fingerprint density at radius 2 is 1.79 bits per heavy atom. The summed E-state index contributed by atoms with van der Waals surface area (Å²) < 4.78 is 5.29. The van der Waals surface area contributed by atoms with Gasteiger partial charge >= 0.3 is 6.09 Å². The normalized spacial score (nSPS) is 15.7. The highest BCUT2D eigenvalue weighted by atomic mass is 16.6. The number of nitrogens with one attached hydrogen (secondary N) is 1. The zero-order valence-corrected chi connectivity index (χ0v) is 15.3. The average molecular weight is 332 g/mol. The topological polar surface area (TPSA) is 58.6 Å². The van der Waals surface area contributed by atoms with Gasteiger partial charge in [-0.1, -0.05) is 38.1 Å². The van der Waals surface area contributed by atoms with Gasteiger partial charge in [0.05, 0.1) is 0 Å². The Kier molecular flexibility index (Phi) is 5.52. The Hall–Kier alpha value is -2.04. The quantitative estimate of drug-likeness (QED) is 0.925. The fraction of sp³-hybridized carbons (Fsp3) is 0.579. The van der Waals surface area contributed by atoms with Crippen LogP contribution in [-0.2, 0) is 22.5 Å². The third-order valence-electron chi connectivity index (χ3n) is 4.05. The fourth-order valence-electron chi connectivity index (χ4n) is 2.83. The minimum atomic E-state index is -0.585. The lowest BCUT2D eigenvalue weighted by atomic mass is 9.97. The van der Waals surface area contributed by atoms with Gasteiger partial charge in [-0.25, -0.2) is 4.79 Å². The molecule has 5 nitrogen and oxygen atoms in total. The van der Waals surface area contributed by atoms with Crippen LogP contribution in [-0.4, -0.2) is 35.1 Å². The Balaban J connectivity index is 2.06. The number of carbonyl (C=O) groups is 2. The van der Waals surface area contributed by atoms with Crippen molar-refractivity contribution < 1.29 is 14.3 Å². The molecule has 2 rings (SSSR count). The summed E-state index contributed by atoms with van der Waals surface area (Å²) >= 11 is 0. The molecule has 1 aliphatic heterocycles. The lowest BCUT2D eigenvalue weighted by Gasteiger charge is -2.33. The van der Waals surface area contributed by atoms with Gasteiger partial charge < -0.3 is 15.0 Å². The van der Waals surface area contributed by atoms with E-state index >= 15 is 0 Å². The van der Waals surface area contributed by atoms with Gasteiger partial charge in [0.1, 0.15) is 11.6 Å². The van der Waals surface area contributed by atoms with Gasteiger partial charge in [0.15, 0.2) is 0 Å². The number of hydrogen-bond acceptors (Lipinski definition) is 3. The molecule has 24 heavy (non-hydrogen) atoms. The van der Waals surface area contributed by atoms with Crippen LogP contribution in [0.1, 0.15) is 45.7 Å². The first-order chi connectivity index (χ1) is 11.2. The van der Waals surface area contributed by atoms with Crippen LogP contribution in [0.3, 0.4) is 0 Å². The summed E-state index contributed by atoms with van der Waals surface area (Å²) in [6, 6.07) is 7.60. The third kappa shape index (κ3) is 4.73. The molecule has 1 aliphatic rings. The zero-order valence-electron chi connectivity index (χ0n) is 15.3. The molecule has 1 atom stereocenters. The molecule has 0 aromatic heterocycles. The van der Waals surface area contributed by atoms with E-state index in [1.165, 1.54) is 11.1 Å². The number of fused-ring (bicyclic) bond motifs is 1. The first kappa shape index (κ1) is 18.3. The van der Waals surface area contributed by atoms with E-state index in [1.54, 1.807) is 20.8 Å². The second-order valence-electron chi connectivity index (χ2n) is 7.65. The lowest BCUT2D eigenvalue weighted by molar-refractivity contribution is -0.135. The number of nitrogens with zero attached hydrogens (tertiary/aromatic N) is 1. The van der Waals surface area contributed by atoms with E-state index in [-0.39, 0.29) is 11.8 Å². The predicted octanol–water partition coefficient (Wildman–Crippen LogP) is 3.12. The SMILES string of the molecule is CC(C)C(NC(=O)OC(C)(C)C)C(=O)N1CCc2ccccc2C1. The van der Waals surface area contributed by atoms with Gasteiger partial charge in [0.25, 0.3) is 0 Å². The first-order valence-electron chi connectivity index (χ1n) is 8.52. The van der Waals surface area contributed by atoms with Crippen LogP contribution in [0, 0.1) is 5.92 Å². The zero-order chi connectivity index (χ0) is 17.9. The maximum absolute atomic E-state index is 12.9. The molecule has 0 bridgehead atoms. The molecule has 0 saturated carbocycles. The molecule has 0 aliphatic carbocycles. The summed E-state index contributed by atoms with van der Waals surface area (Å²) in [5.41, 5.74) is 1.89. The van der Waals surface area contributed by atoms with E-state index in [0.29, 0.717) is 13.1 Å². The third-order valence-corrected chi connectivity index (χ3v) is 4.05. The van der Waals surface area contributed by atoms with Crippen LogP contribution < -0.4 is 5.32 Å². The molecule has 1 aromatic carbocycles. The first-order valence-corrected chi connectivity index (χ1v) is 8.52. The smallest absolute Gasteiger partial charge is 0.408 e. The van der Waals surface area contributed by atoms with E-state index in [4.69, 9.17) is 4.74 Å². The summed E-state index contributed by atoms with van der Waals surface area (Å²) in [6.45, 7) is 10.5. The molecule has 0 saturated heterocycles. The minimum absolute atomic E-state index is 0.0119. The number of rotatable bonds is 3. The number of benzene rings is 1. The van der Waals surface area contributed by atoms with E-state index in [2.05, 4.69) is 17.4 Å². The molecule has 0 radical (unpaired) electrons. The van der Waals surface area contributed by atoms with Crippen molar-refractivity contribution in [2.75, 3.05) is 6.54 Å². The maximum Gasteiger partial charge on any atom is 0.408 e. The van der Waals surface area contributed by atoms with Crippen molar-refractivity contribution >= 4 is 12.0 Å². The van der Waals surface area contributed by atoms with Crippen molar-refractivity contribution in [2.24, 2.45) is 5.92 Å². The number of ether oxygens (including phenoxy) is 1. The standard InChI is InChI=1S/C19H28N2O3/c1-13(2)16(20-18(23)24-19(3,4)5)17(22)21-11-10-14-8-6-7-9-15(14)12-21/h6-9,13,16H,10-12H2,1-5H3,(H,20,23). The molecule has 1 N–H and O–H groups in total. The van der Waals surface area contributed by atoms with Crippen LogP contribution in [0.5, 0.6) is 0 Å². The van der Waals surface area contributed by atoms with Gasteiger partial charge in [-0.2, -0.15) is 0 Å². The van der Waals surface area contributed by atoms with Gasteiger partial charge in [-0.05, 0) is 44.2 Å². The summed E-state index contributed by atoms with van der Waals surface area (Å²) in [4.78, 5) is 26.8. The molecule has 1 unspecified atom stereocenters. The highest BCUT2D eigenvalue weighted by Crippen LogP contribution is 2.20. The Morgan fingerprint density at radius 1 is 1.17 bits per heavy atom. The van der Waals surface area contributed by atoms with E-state index in [9.17, 15) is 9.59 Å². The molecule has 0 spiro atoms. The molecular formula is C19H28N2O3. The Morgan fingerprint density at radius 3 is 2.38 bits per heavy atom. The monoisotopic (exact) mass is 332 g/mol. The molecule has 1 aromatic rings. The van der Waals surface area contributed by atoms with Crippen molar-refractivity contribution in [1.29, 1.82) is 0 Å². The van der Waals surface area contributed by atoms with Gasteiger partial charge in [-0.3, -0.25) is 4.79 Å². The van der Waals surface area contributed by atoms with Crippen molar-refractivity contribution in [2.45, 2.75) is 59.2 Å². The Bertz CT molecular complexity index is 605. The molecule has 5 heteroatoms. The van der Waals surface area contributed by atoms with Crippen LogP contribution >= 0.6 is 0 Å². The van der Waals surface area contributed by atoms with E-state index in [1.807, 2.05) is 30.9 Å². The van der Waals surface area contributed by atoms with Gasteiger partial charge in [-0.15, -0.1) is 0 Å². The summed E-state index contributed by atoms with van der Waals surface area (Å²) in [5.74, 6) is -0.0625. The highest BCUT2D eigenvalue weighted by molar-refractivity contribution is 5.86. The van der Waals surface area contributed by atoms with Gasteiger partial charge in [0.2, 0.25) is 5.91 Å². The summed E-state index contributed by atoms with van der Waals surface area (Å²) in [6.07, 6.45) is 0.297. The predicted molar refractivity (Wildman–Crippen MR) is 93.6 cm³/mol. The highest BCUT2D eigenvalue weighted by Gasteiger charge is 2.31. The second-order valence-corrected chi connectivity index (χ2v) is 7.65. The molecule has 2 amide bonds. The van der Waals surface area contributed by atoms with Crippen molar-refractivity contribution in [3.8, 4) is 0 Å². The number of alkyl carbamates (subject to hydrolysis) is 1. The number of amides is 2. The molecule has 0 fully saturated rings. The minimum Gasteiger partial charge on any atom is -0.444 e.